The van der Waals surface area contributed by atoms with Gasteiger partial charge in [0.1, 0.15) is 5.69 Å². The minimum absolute atomic E-state index is 0.210. The first-order valence-corrected chi connectivity index (χ1v) is 8.14. The van der Waals surface area contributed by atoms with Crippen LogP contribution in [0.1, 0.15) is 17.0 Å². The van der Waals surface area contributed by atoms with Gasteiger partial charge in [-0.1, -0.05) is 18.1 Å². The van der Waals surface area contributed by atoms with Crippen LogP contribution >= 0.6 is 11.3 Å². The Balaban J connectivity index is 1.67. The first-order chi connectivity index (χ1) is 11.8. The summed E-state index contributed by atoms with van der Waals surface area (Å²) in [6.45, 7) is 0. The van der Waals surface area contributed by atoms with E-state index in [0.717, 1.165) is 11.3 Å². The van der Waals surface area contributed by atoms with Gasteiger partial charge in [0.2, 0.25) is 5.91 Å². The fraction of sp³-hybridized carbons (Fsp3) is 0. The fourth-order valence-corrected chi connectivity index (χ4v) is 2.42. The van der Waals surface area contributed by atoms with E-state index in [-0.39, 0.29) is 5.91 Å². The number of nitrogens with one attached hydrogen (secondary N) is 1. The van der Waals surface area contributed by atoms with Crippen molar-refractivity contribution in [2.45, 2.75) is 0 Å². The van der Waals surface area contributed by atoms with E-state index in [1.165, 1.54) is 17.4 Å². The number of rotatable bonds is 3. The molecule has 0 bridgehead atoms. The largest absolute Gasteiger partial charge is 0.322 e. The number of hydrogen-bond donors (Lipinski definition) is 1. The Kier molecular flexibility index (Phi) is 5.13. The Morgan fingerprint density at radius 2 is 2.08 bits per heavy atom. The van der Waals surface area contributed by atoms with Crippen molar-refractivity contribution < 1.29 is 4.79 Å². The van der Waals surface area contributed by atoms with Crippen LogP contribution in [0.15, 0.2) is 65.6 Å². The number of aromatic nitrogens is 2. The molecule has 3 rings (SSSR count). The number of thiazole rings is 1. The molecule has 0 saturated carbocycles. The summed E-state index contributed by atoms with van der Waals surface area (Å²) < 4.78 is 0. The molecule has 24 heavy (non-hydrogen) atoms. The molecule has 4 nitrogen and oxygen atoms in total. The van der Waals surface area contributed by atoms with E-state index in [9.17, 15) is 4.79 Å². The summed E-state index contributed by atoms with van der Waals surface area (Å²) in [4.78, 5) is 20.2. The maximum Gasteiger partial charge on any atom is 0.248 e. The summed E-state index contributed by atoms with van der Waals surface area (Å²) in [5.41, 5.74) is 4.70. The highest BCUT2D eigenvalue weighted by Crippen LogP contribution is 2.10. The van der Waals surface area contributed by atoms with Crippen LogP contribution in [-0.2, 0) is 4.79 Å². The smallest absolute Gasteiger partial charge is 0.248 e. The second-order valence-electron chi connectivity index (χ2n) is 4.78. The van der Waals surface area contributed by atoms with Gasteiger partial charge in [-0.05, 0) is 42.3 Å². The van der Waals surface area contributed by atoms with E-state index in [4.69, 9.17) is 0 Å². The van der Waals surface area contributed by atoms with Gasteiger partial charge in [-0.15, -0.1) is 11.3 Å². The Morgan fingerprint density at radius 1 is 1.12 bits per heavy atom. The SMILES string of the molecule is O=C(/C=C\c1cscn1)Nc1cccc(C#Cc2ccccn2)c1. The Bertz CT molecular complexity index is 907. The number of nitrogens with zero attached hydrogens (tertiary/aromatic N) is 2. The molecule has 3 aromatic rings. The maximum absolute atomic E-state index is 11.9. The van der Waals surface area contributed by atoms with Gasteiger partial charge in [-0.2, -0.15) is 0 Å². The zero-order valence-electron chi connectivity index (χ0n) is 12.6. The molecule has 5 heteroatoms. The number of carbonyl (C=O) groups excluding carboxylic acids is 1. The zero-order valence-corrected chi connectivity index (χ0v) is 13.5. The predicted octanol–water partition coefficient (Wildman–Crippen LogP) is 3.59. The quantitative estimate of drug-likeness (QED) is 0.589. The van der Waals surface area contributed by atoms with E-state index in [0.29, 0.717) is 11.4 Å². The number of pyridine rings is 1. The van der Waals surface area contributed by atoms with Crippen LogP contribution in [0.2, 0.25) is 0 Å². The van der Waals surface area contributed by atoms with Gasteiger partial charge in [-0.25, -0.2) is 9.97 Å². The highest BCUT2D eigenvalue weighted by atomic mass is 32.1. The standard InChI is InChI=1S/C19H13N3OS/c23-19(10-9-18-13-24-14-21-18)22-17-6-3-4-15(12-17)7-8-16-5-1-2-11-20-16/h1-6,9-14H,(H,22,23)/b10-9-. The van der Waals surface area contributed by atoms with E-state index in [1.54, 1.807) is 17.8 Å². The average Bonchev–Trinajstić information content (AvgIpc) is 3.13. The lowest BCUT2D eigenvalue weighted by Crippen LogP contribution is -2.07. The van der Waals surface area contributed by atoms with E-state index < -0.39 is 0 Å². The van der Waals surface area contributed by atoms with Gasteiger partial charge in [0, 0.05) is 28.9 Å². The van der Waals surface area contributed by atoms with E-state index in [2.05, 4.69) is 27.1 Å². The monoisotopic (exact) mass is 331 g/mol. The third kappa shape index (κ3) is 4.63. The molecule has 0 radical (unpaired) electrons. The first kappa shape index (κ1) is 15.7. The van der Waals surface area contributed by atoms with Crippen LogP contribution in [0.4, 0.5) is 5.69 Å². The second-order valence-corrected chi connectivity index (χ2v) is 5.50. The molecule has 116 valence electrons. The van der Waals surface area contributed by atoms with Crippen LogP contribution in [0.25, 0.3) is 6.08 Å². The number of hydrogen-bond acceptors (Lipinski definition) is 4. The van der Waals surface area contributed by atoms with Crippen molar-refractivity contribution in [2.75, 3.05) is 5.32 Å². The lowest BCUT2D eigenvalue weighted by Gasteiger charge is -2.02. The van der Waals surface area contributed by atoms with Crippen molar-refractivity contribution in [2.24, 2.45) is 0 Å². The summed E-state index contributed by atoms with van der Waals surface area (Å²) in [7, 11) is 0. The van der Waals surface area contributed by atoms with Crippen molar-refractivity contribution in [1.82, 2.24) is 9.97 Å². The molecule has 0 aliphatic heterocycles. The molecule has 0 fully saturated rings. The molecule has 0 spiro atoms. The van der Waals surface area contributed by atoms with Crippen molar-refractivity contribution in [1.29, 1.82) is 0 Å². The molecule has 0 aliphatic carbocycles. The van der Waals surface area contributed by atoms with Gasteiger partial charge < -0.3 is 5.32 Å². The number of anilines is 1. The van der Waals surface area contributed by atoms with E-state index in [1.807, 2.05) is 47.8 Å². The van der Waals surface area contributed by atoms with Crippen molar-refractivity contribution in [3.05, 3.63) is 82.6 Å². The molecule has 1 N–H and O–H groups in total. The van der Waals surface area contributed by atoms with Crippen LogP contribution in [-0.4, -0.2) is 15.9 Å². The highest BCUT2D eigenvalue weighted by molar-refractivity contribution is 7.07. The van der Waals surface area contributed by atoms with Crippen LogP contribution < -0.4 is 5.32 Å². The minimum Gasteiger partial charge on any atom is -0.322 e. The second kappa shape index (κ2) is 7.86. The summed E-state index contributed by atoms with van der Waals surface area (Å²) in [6.07, 6.45) is 4.84. The van der Waals surface area contributed by atoms with Crippen molar-refractivity contribution >= 4 is 29.0 Å². The van der Waals surface area contributed by atoms with Crippen LogP contribution in [0.3, 0.4) is 0 Å². The molecule has 2 aromatic heterocycles. The molecule has 0 unspecified atom stereocenters. The van der Waals surface area contributed by atoms with Gasteiger partial charge in [0.05, 0.1) is 11.2 Å². The lowest BCUT2D eigenvalue weighted by atomic mass is 10.2. The Morgan fingerprint density at radius 3 is 2.88 bits per heavy atom. The third-order valence-electron chi connectivity index (χ3n) is 2.99. The van der Waals surface area contributed by atoms with Crippen LogP contribution in [0, 0.1) is 11.8 Å². The van der Waals surface area contributed by atoms with Crippen molar-refractivity contribution in [3.63, 3.8) is 0 Å². The zero-order chi connectivity index (χ0) is 16.6. The molecule has 0 atom stereocenters. The third-order valence-corrected chi connectivity index (χ3v) is 3.59. The number of carbonyl (C=O) groups is 1. The molecule has 1 amide bonds. The van der Waals surface area contributed by atoms with E-state index >= 15 is 0 Å². The maximum atomic E-state index is 11.9. The molecular formula is C19H13N3OS. The fourth-order valence-electron chi connectivity index (χ4n) is 1.90. The molecule has 0 aliphatic rings. The summed E-state index contributed by atoms with van der Waals surface area (Å²) in [6, 6.07) is 13.0. The summed E-state index contributed by atoms with van der Waals surface area (Å²) in [5, 5.41) is 4.68. The Labute approximate surface area is 143 Å². The average molecular weight is 331 g/mol. The van der Waals surface area contributed by atoms with Gasteiger partial charge in [-0.3, -0.25) is 4.79 Å². The first-order valence-electron chi connectivity index (χ1n) is 7.20. The lowest BCUT2D eigenvalue weighted by molar-refractivity contribution is -0.111. The summed E-state index contributed by atoms with van der Waals surface area (Å²) in [5.74, 6) is 5.82. The number of amides is 1. The minimum atomic E-state index is -0.210. The van der Waals surface area contributed by atoms with Crippen molar-refractivity contribution in [3.8, 4) is 11.8 Å². The van der Waals surface area contributed by atoms with Gasteiger partial charge in [0.25, 0.3) is 0 Å². The van der Waals surface area contributed by atoms with Gasteiger partial charge in [0.15, 0.2) is 0 Å². The molecule has 1 aromatic carbocycles. The Hall–Kier alpha value is -3.23. The number of benzene rings is 1. The van der Waals surface area contributed by atoms with Gasteiger partial charge >= 0.3 is 0 Å². The van der Waals surface area contributed by atoms with Crippen LogP contribution in [0.5, 0.6) is 0 Å². The highest BCUT2D eigenvalue weighted by Gasteiger charge is 1.99. The predicted molar refractivity (Wildman–Crippen MR) is 96.4 cm³/mol. The molecular weight excluding hydrogens is 318 g/mol. The summed E-state index contributed by atoms with van der Waals surface area (Å²) >= 11 is 1.49. The normalized spacial score (nSPS) is 10.2. The molecule has 0 saturated heterocycles. The molecule has 2 heterocycles. The topological polar surface area (TPSA) is 54.9 Å².